The van der Waals surface area contributed by atoms with Crippen LogP contribution in [0.4, 0.5) is 0 Å². The normalized spacial score (nSPS) is 15.3. The summed E-state index contributed by atoms with van der Waals surface area (Å²) >= 11 is 0. The maximum absolute atomic E-state index is 12.6. The molecule has 6 heteroatoms. The summed E-state index contributed by atoms with van der Waals surface area (Å²) in [5, 5.41) is 3.09. The van der Waals surface area contributed by atoms with Crippen LogP contribution in [0.25, 0.3) is 6.08 Å². The second-order valence-corrected chi connectivity index (χ2v) is 7.74. The Hall–Kier alpha value is -2.99. The molecule has 1 amide bonds. The van der Waals surface area contributed by atoms with Crippen molar-refractivity contribution in [1.82, 2.24) is 5.32 Å². The number of methoxy groups -OCH3 is 1. The van der Waals surface area contributed by atoms with E-state index in [0.717, 1.165) is 24.2 Å². The van der Waals surface area contributed by atoms with Gasteiger partial charge in [-0.25, -0.2) is 0 Å². The minimum Gasteiger partial charge on any atom is -0.497 e. The zero-order valence-corrected chi connectivity index (χ0v) is 19.2. The predicted molar refractivity (Wildman–Crippen MR) is 126 cm³/mol. The van der Waals surface area contributed by atoms with Gasteiger partial charge in [-0.15, -0.1) is 0 Å². The largest absolute Gasteiger partial charge is 0.497 e. The third-order valence-electron chi connectivity index (χ3n) is 5.75. The zero-order chi connectivity index (χ0) is 22.8. The van der Waals surface area contributed by atoms with Crippen molar-refractivity contribution in [2.24, 2.45) is 0 Å². The fourth-order valence-corrected chi connectivity index (χ4v) is 3.93. The molecule has 1 N–H and O–H groups in total. The number of amides is 1. The number of hydrogen-bond donors (Lipinski definition) is 1. The molecule has 3 rings (SSSR count). The SMILES string of the molecule is CCOc1ccc(/C=C/C(=O)NCC2(c3ccc(OC)cc3)CCOCC2)cc1OCC. The van der Waals surface area contributed by atoms with Crippen LogP contribution >= 0.6 is 0 Å². The second-order valence-electron chi connectivity index (χ2n) is 7.74. The van der Waals surface area contributed by atoms with Crippen LogP contribution in [0, 0.1) is 0 Å². The molecule has 2 aromatic carbocycles. The molecular formula is C26H33NO5. The highest BCUT2D eigenvalue weighted by molar-refractivity contribution is 5.91. The van der Waals surface area contributed by atoms with E-state index in [2.05, 4.69) is 17.4 Å². The maximum atomic E-state index is 12.6. The maximum Gasteiger partial charge on any atom is 0.244 e. The Morgan fingerprint density at radius 2 is 1.72 bits per heavy atom. The highest BCUT2D eigenvalue weighted by Gasteiger charge is 2.34. The van der Waals surface area contributed by atoms with E-state index in [0.29, 0.717) is 44.5 Å². The Morgan fingerprint density at radius 1 is 1.03 bits per heavy atom. The van der Waals surface area contributed by atoms with E-state index in [1.807, 2.05) is 44.2 Å². The lowest BCUT2D eigenvalue weighted by Crippen LogP contribution is -2.44. The molecule has 1 heterocycles. The van der Waals surface area contributed by atoms with E-state index in [4.69, 9.17) is 18.9 Å². The van der Waals surface area contributed by atoms with Gasteiger partial charge < -0.3 is 24.3 Å². The molecule has 2 aromatic rings. The topological polar surface area (TPSA) is 66.0 Å². The lowest BCUT2D eigenvalue weighted by molar-refractivity contribution is -0.116. The van der Waals surface area contributed by atoms with Crippen LogP contribution in [0.1, 0.15) is 37.8 Å². The molecule has 0 unspecified atom stereocenters. The van der Waals surface area contributed by atoms with Crippen molar-refractivity contribution in [2.75, 3.05) is 40.1 Å². The molecule has 1 aliphatic heterocycles. The fourth-order valence-electron chi connectivity index (χ4n) is 3.93. The average Bonchev–Trinajstić information content (AvgIpc) is 2.84. The first-order chi connectivity index (χ1) is 15.6. The van der Waals surface area contributed by atoms with Crippen molar-refractivity contribution in [3.05, 3.63) is 59.7 Å². The number of carbonyl (C=O) groups excluding carboxylic acids is 1. The minimum absolute atomic E-state index is 0.128. The van der Waals surface area contributed by atoms with Crippen LogP contribution < -0.4 is 19.5 Å². The number of hydrogen-bond acceptors (Lipinski definition) is 5. The first kappa shape index (κ1) is 23.7. The summed E-state index contributed by atoms with van der Waals surface area (Å²) in [5.41, 5.74) is 1.93. The first-order valence-corrected chi connectivity index (χ1v) is 11.2. The minimum atomic E-state index is -0.144. The van der Waals surface area contributed by atoms with Crippen molar-refractivity contribution in [1.29, 1.82) is 0 Å². The Morgan fingerprint density at radius 3 is 2.38 bits per heavy atom. The van der Waals surface area contributed by atoms with Gasteiger partial charge in [-0.1, -0.05) is 18.2 Å². The summed E-state index contributed by atoms with van der Waals surface area (Å²) in [6.07, 6.45) is 5.07. The van der Waals surface area contributed by atoms with Crippen LogP contribution in [0.3, 0.4) is 0 Å². The number of rotatable bonds is 10. The van der Waals surface area contributed by atoms with Gasteiger partial charge in [0.2, 0.25) is 5.91 Å². The van der Waals surface area contributed by atoms with E-state index in [9.17, 15) is 4.79 Å². The number of carbonyl (C=O) groups is 1. The van der Waals surface area contributed by atoms with Gasteiger partial charge in [-0.05, 0) is 68.2 Å². The van der Waals surface area contributed by atoms with E-state index in [-0.39, 0.29) is 11.3 Å². The average molecular weight is 440 g/mol. The third-order valence-corrected chi connectivity index (χ3v) is 5.75. The summed E-state index contributed by atoms with van der Waals surface area (Å²) in [5.74, 6) is 2.08. The molecule has 1 saturated heterocycles. The molecule has 0 saturated carbocycles. The van der Waals surface area contributed by atoms with Crippen molar-refractivity contribution in [3.8, 4) is 17.2 Å². The molecule has 0 spiro atoms. The standard InChI is InChI=1S/C26H33NO5/c1-4-31-23-12-6-20(18-24(23)32-5-2)7-13-25(28)27-19-26(14-16-30-17-15-26)21-8-10-22(29-3)11-9-21/h6-13,18H,4-5,14-17,19H2,1-3H3,(H,27,28)/b13-7+. The van der Waals surface area contributed by atoms with Gasteiger partial charge in [-0.3, -0.25) is 4.79 Å². The van der Waals surface area contributed by atoms with Gasteiger partial charge in [-0.2, -0.15) is 0 Å². The lowest BCUT2D eigenvalue weighted by Gasteiger charge is -2.38. The molecule has 1 aliphatic rings. The van der Waals surface area contributed by atoms with Gasteiger partial charge in [0.15, 0.2) is 11.5 Å². The van der Waals surface area contributed by atoms with Crippen molar-refractivity contribution in [3.63, 3.8) is 0 Å². The Labute approximate surface area is 190 Å². The number of benzene rings is 2. The molecule has 172 valence electrons. The van der Waals surface area contributed by atoms with Crippen molar-refractivity contribution < 1.29 is 23.7 Å². The Kier molecular flexibility index (Phi) is 8.56. The molecule has 0 atom stereocenters. The van der Waals surface area contributed by atoms with E-state index >= 15 is 0 Å². The van der Waals surface area contributed by atoms with Gasteiger partial charge in [0.25, 0.3) is 0 Å². The second kappa shape index (κ2) is 11.6. The van der Waals surface area contributed by atoms with Crippen LogP contribution in [0.15, 0.2) is 48.5 Å². The van der Waals surface area contributed by atoms with Gasteiger partial charge in [0.05, 0.1) is 20.3 Å². The van der Waals surface area contributed by atoms with Gasteiger partial charge in [0.1, 0.15) is 5.75 Å². The van der Waals surface area contributed by atoms with Crippen LogP contribution in [-0.2, 0) is 14.9 Å². The van der Waals surface area contributed by atoms with E-state index in [1.54, 1.807) is 19.3 Å². The van der Waals surface area contributed by atoms with Crippen molar-refractivity contribution >= 4 is 12.0 Å². The Balaban J connectivity index is 1.67. The van der Waals surface area contributed by atoms with Gasteiger partial charge >= 0.3 is 0 Å². The highest BCUT2D eigenvalue weighted by atomic mass is 16.5. The van der Waals surface area contributed by atoms with Gasteiger partial charge in [0, 0.05) is 31.2 Å². The number of nitrogens with one attached hydrogen (secondary N) is 1. The molecule has 0 aromatic heterocycles. The summed E-state index contributed by atoms with van der Waals surface area (Å²) < 4.78 is 22.1. The summed E-state index contributed by atoms with van der Waals surface area (Å²) in [7, 11) is 1.66. The molecular weight excluding hydrogens is 406 g/mol. The van der Waals surface area contributed by atoms with Crippen molar-refractivity contribution in [2.45, 2.75) is 32.1 Å². The third kappa shape index (κ3) is 6.04. The first-order valence-electron chi connectivity index (χ1n) is 11.2. The monoisotopic (exact) mass is 439 g/mol. The van der Waals surface area contributed by atoms with E-state index < -0.39 is 0 Å². The predicted octanol–water partition coefficient (Wildman–Crippen LogP) is 4.37. The lowest BCUT2D eigenvalue weighted by atomic mass is 9.74. The summed E-state index contributed by atoms with van der Waals surface area (Å²) in [4.78, 5) is 12.6. The smallest absolute Gasteiger partial charge is 0.244 e. The molecule has 6 nitrogen and oxygen atoms in total. The fraction of sp³-hybridized carbons (Fsp3) is 0.423. The van der Waals surface area contributed by atoms with E-state index in [1.165, 1.54) is 5.56 Å². The quantitative estimate of drug-likeness (QED) is 0.557. The number of ether oxygens (including phenoxy) is 4. The van der Waals surface area contributed by atoms with Crippen LogP contribution in [-0.4, -0.2) is 46.0 Å². The summed E-state index contributed by atoms with van der Waals surface area (Å²) in [6, 6.07) is 13.8. The van der Waals surface area contributed by atoms with Crippen LogP contribution in [0.2, 0.25) is 0 Å². The zero-order valence-electron chi connectivity index (χ0n) is 19.2. The highest BCUT2D eigenvalue weighted by Crippen LogP contribution is 2.35. The van der Waals surface area contributed by atoms with Crippen LogP contribution in [0.5, 0.6) is 17.2 Å². The molecule has 1 fully saturated rings. The Bertz CT molecular complexity index is 901. The molecule has 0 bridgehead atoms. The molecule has 32 heavy (non-hydrogen) atoms. The molecule has 0 aliphatic carbocycles. The summed E-state index contributed by atoms with van der Waals surface area (Å²) in [6.45, 7) is 6.91. The molecule has 0 radical (unpaired) electrons.